The van der Waals surface area contributed by atoms with Gasteiger partial charge in [-0.25, -0.2) is 0 Å². The second kappa shape index (κ2) is 3.90. The molecule has 16 heavy (non-hydrogen) atoms. The topological polar surface area (TPSA) is 25.2 Å². The minimum Gasteiger partial charge on any atom is -0.386 e. The first-order valence-electron chi connectivity index (χ1n) is 5.44. The molecule has 0 spiro atoms. The second-order valence-corrected chi connectivity index (χ2v) is 5.46. The van der Waals surface area contributed by atoms with Crippen LogP contribution in [0.15, 0.2) is 28.9 Å². The van der Waals surface area contributed by atoms with E-state index in [2.05, 4.69) is 39.6 Å². The summed E-state index contributed by atoms with van der Waals surface area (Å²) in [6.45, 7) is 6.66. The summed E-state index contributed by atoms with van der Waals surface area (Å²) in [6.07, 6.45) is 2.04. The molecular weight excluding hydrogens is 266 g/mol. The standard InChI is InChI=1S/C13H16BrNO/c1-4-15-8-11(13(2,3)16)10-7-9(14)5-6-12(10)15/h5-8,16H,4H2,1-3H3. The van der Waals surface area contributed by atoms with Crippen molar-refractivity contribution < 1.29 is 5.11 Å². The molecule has 3 heteroatoms. The van der Waals surface area contributed by atoms with Gasteiger partial charge in [-0.1, -0.05) is 15.9 Å². The molecule has 1 aromatic carbocycles. The number of benzene rings is 1. The molecule has 1 aromatic heterocycles. The van der Waals surface area contributed by atoms with Crippen LogP contribution in [0.4, 0.5) is 0 Å². The van der Waals surface area contributed by atoms with Crippen LogP contribution in [0, 0.1) is 0 Å². The molecule has 0 unspecified atom stereocenters. The summed E-state index contributed by atoms with van der Waals surface area (Å²) < 4.78 is 3.20. The van der Waals surface area contributed by atoms with Gasteiger partial charge >= 0.3 is 0 Å². The zero-order valence-corrected chi connectivity index (χ0v) is 11.4. The van der Waals surface area contributed by atoms with Gasteiger partial charge in [0.05, 0.1) is 5.60 Å². The fourth-order valence-corrected chi connectivity index (χ4v) is 2.38. The van der Waals surface area contributed by atoms with E-state index in [1.54, 1.807) is 0 Å². The SMILES string of the molecule is CCn1cc(C(C)(C)O)c2cc(Br)ccc21. The van der Waals surface area contributed by atoms with Crippen molar-refractivity contribution >= 4 is 26.8 Å². The monoisotopic (exact) mass is 281 g/mol. The summed E-state index contributed by atoms with van der Waals surface area (Å²) >= 11 is 3.47. The van der Waals surface area contributed by atoms with Gasteiger partial charge < -0.3 is 9.67 Å². The molecular formula is C13H16BrNO. The van der Waals surface area contributed by atoms with Crippen LogP contribution in [0.25, 0.3) is 10.9 Å². The zero-order valence-electron chi connectivity index (χ0n) is 9.79. The first-order chi connectivity index (χ1) is 7.43. The Kier molecular flexibility index (Phi) is 2.84. The highest BCUT2D eigenvalue weighted by Gasteiger charge is 2.21. The van der Waals surface area contributed by atoms with E-state index in [4.69, 9.17) is 0 Å². The first kappa shape index (κ1) is 11.7. The molecule has 0 saturated heterocycles. The average Bonchev–Trinajstić information content (AvgIpc) is 2.54. The number of halogens is 1. The Labute approximate surface area is 104 Å². The van der Waals surface area contributed by atoms with E-state index in [-0.39, 0.29) is 0 Å². The maximum Gasteiger partial charge on any atom is 0.0861 e. The number of fused-ring (bicyclic) bond motifs is 1. The third-order valence-electron chi connectivity index (χ3n) is 2.84. The lowest BCUT2D eigenvalue weighted by Gasteiger charge is -2.16. The van der Waals surface area contributed by atoms with E-state index in [1.807, 2.05) is 26.1 Å². The lowest BCUT2D eigenvalue weighted by Crippen LogP contribution is -2.14. The fraction of sp³-hybridized carbons (Fsp3) is 0.385. The molecule has 0 fully saturated rings. The number of aromatic nitrogens is 1. The molecule has 0 aliphatic heterocycles. The van der Waals surface area contributed by atoms with Gasteiger partial charge in [-0.3, -0.25) is 0 Å². The molecule has 1 heterocycles. The number of aryl methyl sites for hydroxylation is 1. The van der Waals surface area contributed by atoms with E-state index in [0.29, 0.717) is 0 Å². The molecule has 0 radical (unpaired) electrons. The molecule has 2 nitrogen and oxygen atoms in total. The number of hydrogen-bond donors (Lipinski definition) is 1. The van der Waals surface area contributed by atoms with Crippen molar-refractivity contribution in [3.63, 3.8) is 0 Å². The van der Waals surface area contributed by atoms with Crippen LogP contribution in [0.3, 0.4) is 0 Å². The van der Waals surface area contributed by atoms with E-state index >= 15 is 0 Å². The Morgan fingerprint density at radius 3 is 2.62 bits per heavy atom. The van der Waals surface area contributed by atoms with Gasteiger partial charge in [0, 0.05) is 33.7 Å². The molecule has 2 aromatic rings. The largest absolute Gasteiger partial charge is 0.386 e. The Balaban J connectivity index is 2.79. The van der Waals surface area contributed by atoms with E-state index in [1.165, 1.54) is 5.52 Å². The minimum atomic E-state index is -0.806. The maximum absolute atomic E-state index is 10.2. The Hall–Kier alpha value is -0.800. The van der Waals surface area contributed by atoms with Crippen molar-refractivity contribution in [3.8, 4) is 0 Å². The predicted octanol–water partition coefficient (Wildman–Crippen LogP) is 3.65. The smallest absolute Gasteiger partial charge is 0.0861 e. The van der Waals surface area contributed by atoms with E-state index in [9.17, 15) is 5.11 Å². The Morgan fingerprint density at radius 2 is 2.06 bits per heavy atom. The van der Waals surface area contributed by atoms with E-state index in [0.717, 1.165) is 22.0 Å². The average molecular weight is 282 g/mol. The van der Waals surface area contributed by atoms with Crippen LogP contribution < -0.4 is 0 Å². The maximum atomic E-state index is 10.2. The third kappa shape index (κ3) is 1.89. The van der Waals surface area contributed by atoms with Gasteiger partial charge in [0.15, 0.2) is 0 Å². The molecule has 1 N–H and O–H groups in total. The van der Waals surface area contributed by atoms with Crippen LogP contribution in [-0.2, 0) is 12.1 Å². The van der Waals surface area contributed by atoms with Gasteiger partial charge in [0.2, 0.25) is 0 Å². The van der Waals surface area contributed by atoms with Crippen LogP contribution in [0.1, 0.15) is 26.3 Å². The van der Waals surface area contributed by atoms with Crippen molar-refractivity contribution in [1.29, 1.82) is 0 Å². The summed E-state index contributed by atoms with van der Waals surface area (Å²) in [5.74, 6) is 0. The molecule has 0 atom stereocenters. The van der Waals surface area contributed by atoms with Crippen LogP contribution in [0.2, 0.25) is 0 Å². The van der Waals surface area contributed by atoms with Crippen molar-refractivity contribution in [3.05, 3.63) is 34.4 Å². The first-order valence-corrected chi connectivity index (χ1v) is 6.24. The third-order valence-corrected chi connectivity index (χ3v) is 3.34. The number of aliphatic hydroxyl groups is 1. The van der Waals surface area contributed by atoms with Crippen molar-refractivity contribution in [2.45, 2.75) is 32.9 Å². The summed E-state index contributed by atoms with van der Waals surface area (Å²) in [5, 5.41) is 11.3. The van der Waals surface area contributed by atoms with Crippen LogP contribution in [-0.4, -0.2) is 9.67 Å². The summed E-state index contributed by atoms with van der Waals surface area (Å²) in [6, 6.07) is 6.18. The molecule has 0 aliphatic carbocycles. The van der Waals surface area contributed by atoms with Crippen LogP contribution >= 0.6 is 15.9 Å². The van der Waals surface area contributed by atoms with Crippen LogP contribution in [0.5, 0.6) is 0 Å². The zero-order chi connectivity index (χ0) is 11.9. The number of hydrogen-bond acceptors (Lipinski definition) is 1. The molecule has 86 valence electrons. The number of nitrogens with zero attached hydrogens (tertiary/aromatic N) is 1. The highest BCUT2D eigenvalue weighted by atomic mass is 79.9. The minimum absolute atomic E-state index is 0.806. The summed E-state index contributed by atoms with van der Waals surface area (Å²) in [4.78, 5) is 0. The van der Waals surface area contributed by atoms with Gasteiger partial charge in [0.25, 0.3) is 0 Å². The molecule has 2 rings (SSSR count). The molecule has 0 bridgehead atoms. The Morgan fingerprint density at radius 1 is 1.38 bits per heavy atom. The highest BCUT2D eigenvalue weighted by molar-refractivity contribution is 9.10. The normalized spacial score (nSPS) is 12.3. The summed E-state index contributed by atoms with van der Waals surface area (Å²) in [7, 11) is 0. The van der Waals surface area contributed by atoms with Crippen molar-refractivity contribution in [2.75, 3.05) is 0 Å². The Bertz CT molecular complexity index is 522. The summed E-state index contributed by atoms with van der Waals surface area (Å²) in [5.41, 5.74) is 1.34. The molecule has 0 amide bonds. The van der Waals surface area contributed by atoms with Crippen molar-refractivity contribution in [2.24, 2.45) is 0 Å². The predicted molar refractivity (Wildman–Crippen MR) is 70.6 cm³/mol. The van der Waals surface area contributed by atoms with Crippen molar-refractivity contribution in [1.82, 2.24) is 4.57 Å². The lowest BCUT2D eigenvalue weighted by molar-refractivity contribution is 0.0800. The number of rotatable bonds is 2. The quantitative estimate of drug-likeness (QED) is 0.893. The molecule has 0 saturated carbocycles. The van der Waals surface area contributed by atoms with Gasteiger partial charge in [-0.05, 0) is 39.0 Å². The molecule has 0 aliphatic rings. The van der Waals surface area contributed by atoms with Gasteiger partial charge in [-0.15, -0.1) is 0 Å². The van der Waals surface area contributed by atoms with E-state index < -0.39 is 5.60 Å². The fourth-order valence-electron chi connectivity index (χ4n) is 2.02. The highest BCUT2D eigenvalue weighted by Crippen LogP contribution is 2.32. The van der Waals surface area contributed by atoms with Gasteiger partial charge in [0.1, 0.15) is 0 Å². The lowest BCUT2D eigenvalue weighted by atomic mass is 9.98. The van der Waals surface area contributed by atoms with Gasteiger partial charge in [-0.2, -0.15) is 0 Å². The second-order valence-electron chi connectivity index (χ2n) is 4.55.